The van der Waals surface area contributed by atoms with Gasteiger partial charge in [0.25, 0.3) is 0 Å². The van der Waals surface area contributed by atoms with Crippen molar-refractivity contribution in [3.05, 3.63) is 29.6 Å². The third-order valence-electron chi connectivity index (χ3n) is 1.99. The highest BCUT2D eigenvalue weighted by atomic mass is 19.1. The molecule has 1 atom stereocenters. The van der Waals surface area contributed by atoms with E-state index in [-0.39, 0.29) is 24.3 Å². The van der Waals surface area contributed by atoms with Gasteiger partial charge in [-0.1, -0.05) is 13.0 Å². The van der Waals surface area contributed by atoms with Crippen LogP contribution in [-0.4, -0.2) is 17.8 Å². The van der Waals surface area contributed by atoms with Crippen LogP contribution < -0.4 is 4.74 Å². The predicted octanol–water partition coefficient (Wildman–Crippen LogP) is 2.15. The van der Waals surface area contributed by atoms with Crippen molar-refractivity contribution in [2.75, 3.05) is 6.61 Å². The van der Waals surface area contributed by atoms with Gasteiger partial charge in [-0.15, -0.1) is 0 Å². The molecule has 0 saturated carbocycles. The number of halogens is 1. The van der Waals surface area contributed by atoms with Crippen LogP contribution in [-0.2, 0) is 6.42 Å². The summed E-state index contributed by atoms with van der Waals surface area (Å²) >= 11 is 0. The van der Waals surface area contributed by atoms with E-state index in [2.05, 4.69) is 0 Å². The molecule has 0 radical (unpaired) electrons. The zero-order chi connectivity index (χ0) is 10.6. The molecule has 2 nitrogen and oxygen atoms in total. The lowest BCUT2D eigenvalue weighted by atomic mass is 10.1. The van der Waals surface area contributed by atoms with E-state index in [1.54, 1.807) is 13.0 Å². The highest BCUT2D eigenvalue weighted by Gasteiger charge is 2.07. The average Bonchev–Trinajstić information content (AvgIpc) is 2.20. The van der Waals surface area contributed by atoms with Crippen molar-refractivity contribution in [1.82, 2.24) is 0 Å². The number of ether oxygens (including phenoxy) is 1. The molecule has 78 valence electrons. The first-order chi connectivity index (χ1) is 6.67. The standard InChI is InChI=1S/C11H15FO2/c1-3-9-4-5-11(10(12)6-9)14-8(2)7-13/h4-6,8,13H,3,7H2,1-2H3/t8-/m1/s1. The van der Waals surface area contributed by atoms with Crippen LogP contribution in [0, 0.1) is 5.82 Å². The number of benzene rings is 1. The first kappa shape index (κ1) is 11.0. The Kier molecular flexibility index (Phi) is 3.89. The highest BCUT2D eigenvalue weighted by molar-refractivity contribution is 5.29. The molecule has 0 saturated heterocycles. The van der Waals surface area contributed by atoms with Crippen LogP contribution in [0.5, 0.6) is 5.75 Å². The van der Waals surface area contributed by atoms with Crippen molar-refractivity contribution in [2.45, 2.75) is 26.4 Å². The molecule has 0 aliphatic rings. The first-order valence-corrected chi connectivity index (χ1v) is 4.73. The second-order valence-corrected chi connectivity index (χ2v) is 3.23. The summed E-state index contributed by atoms with van der Waals surface area (Å²) in [6.07, 6.45) is 0.421. The van der Waals surface area contributed by atoms with Gasteiger partial charge in [-0.3, -0.25) is 0 Å². The van der Waals surface area contributed by atoms with Gasteiger partial charge in [0.2, 0.25) is 0 Å². The van der Waals surface area contributed by atoms with Crippen molar-refractivity contribution < 1.29 is 14.2 Å². The van der Waals surface area contributed by atoms with Gasteiger partial charge in [-0.25, -0.2) is 4.39 Å². The summed E-state index contributed by atoms with van der Waals surface area (Å²) < 4.78 is 18.5. The lowest BCUT2D eigenvalue weighted by Crippen LogP contribution is -2.16. The number of aryl methyl sites for hydroxylation is 1. The van der Waals surface area contributed by atoms with Gasteiger partial charge in [0.15, 0.2) is 11.6 Å². The van der Waals surface area contributed by atoms with Gasteiger partial charge < -0.3 is 9.84 Å². The third kappa shape index (κ3) is 2.70. The normalized spacial score (nSPS) is 12.6. The van der Waals surface area contributed by atoms with Crippen LogP contribution in [0.1, 0.15) is 19.4 Å². The van der Waals surface area contributed by atoms with Crippen molar-refractivity contribution in [3.8, 4) is 5.75 Å². The van der Waals surface area contributed by atoms with Gasteiger partial charge >= 0.3 is 0 Å². The second kappa shape index (κ2) is 4.96. The van der Waals surface area contributed by atoms with Gasteiger partial charge in [-0.05, 0) is 31.0 Å². The summed E-state index contributed by atoms with van der Waals surface area (Å²) in [4.78, 5) is 0. The molecule has 0 aromatic heterocycles. The Morgan fingerprint density at radius 3 is 2.71 bits per heavy atom. The van der Waals surface area contributed by atoms with Crippen LogP contribution in [0.3, 0.4) is 0 Å². The van der Waals surface area contributed by atoms with E-state index in [4.69, 9.17) is 9.84 Å². The quantitative estimate of drug-likeness (QED) is 0.803. The Hall–Kier alpha value is -1.09. The molecule has 14 heavy (non-hydrogen) atoms. The Bertz CT molecular complexity index is 299. The number of aliphatic hydroxyl groups is 1. The Labute approximate surface area is 83.3 Å². The number of hydrogen-bond acceptors (Lipinski definition) is 2. The van der Waals surface area contributed by atoms with E-state index in [0.717, 1.165) is 12.0 Å². The van der Waals surface area contributed by atoms with E-state index >= 15 is 0 Å². The highest BCUT2D eigenvalue weighted by Crippen LogP contribution is 2.19. The minimum atomic E-state index is -0.378. The summed E-state index contributed by atoms with van der Waals surface area (Å²) in [5.41, 5.74) is 0.937. The fourth-order valence-corrected chi connectivity index (χ4v) is 1.11. The first-order valence-electron chi connectivity index (χ1n) is 4.73. The van der Waals surface area contributed by atoms with Gasteiger partial charge in [0.05, 0.1) is 6.61 Å². The van der Waals surface area contributed by atoms with Crippen LogP contribution in [0.25, 0.3) is 0 Å². The Balaban J connectivity index is 2.78. The summed E-state index contributed by atoms with van der Waals surface area (Å²) in [5, 5.41) is 8.74. The molecule has 1 N–H and O–H groups in total. The number of aliphatic hydroxyl groups excluding tert-OH is 1. The maximum absolute atomic E-state index is 13.3. The summed E-state index contributed by atoms with van der Waals surface area (Å²) in [5.74, 6) is -0.173. The molecule has 0 amide bonds. The van der Waals surface area contributed by atoms with Gasteiger partial charge in [0.1, 0.15) is 6.10 Å². The molecular weight excluding hydrogens is 183 g/mol. The number of hydrogen-bond donors (Lipinski definition) is 1. The van der Waals surface area contributed by atoms with E-state index in [1.165, 1.54) is 6.07 Å². The Morgan fingerprint density at radius 1 is 1.50 bits per heavy atom. The molecule has 0 unspecified atom stereocenters. The van der Waals surface area contributed by atoms with E-state index in [0.29, 0.717) is 0 Å². The van der Waals surface area contributed by atoms with Gasteiger partial charge in [0, 0.05) is 0 Å². The average molecular weight is 198 g/mol. The zero-order valence-corrected chi connectivity index (χ0v) is 8.46. The van der Waals surface area contributed by atoms with Gasteiger partial charge in [-0.2, -0.15) is 0 Å². The molecule has 0 heterocycles. The maximum Gasteiger partial charge on any atom is 0.165 e. The zero-order valence-electron chi connectivity index (χ0n) is 8.46. The monoisotopic (exact) mass is 198 g/mol. The molecule has 0 fully saturated rings. The smallest absolute Gasteiger partial charge is 0.165 e. The lowest BCUT2D eigenvalue weighted by Gasteiger charge is -2.12. The van der Waals surface area contributed by atoms with E-state index < -0.39 is 0 Å². The minimum absolute atomic E-state index is 0.116. The largest absolute Gasteiger partial charge is 0.485 e. The lowest BCUT2D eigenvalue weighted by molar-refractivity contribution is 0.125. The fraction of sp³-hybridized carbons (Fsp3) is 0.455. The molecular formula is C11H15FO2. The molecule has 1 aromatic rings. The van der Waals surface area contributed by atoms with Crippen molar-refractivity contribution >= 4 is 0 Å². The van der Waals surface area contributed by atoms with Crippen molar-refractivity contribution in [3.63, 3.8) is 0 Å². The summed E-state index contributed by atoms with van der Waals surface area (Å²) in [6, 6.07) is 4.88. The molecule has 0 aliphatic carbocycles. The molecule has 3 heteroatoms. The van der Waals surface area contributed by atoms with Crippen molar-refractivity contribution in [2.24, 2.45) is 0 Å². The summed E-state index contributed by atoms with van der Waals surface area (Å²) in [7, 11) is 0. The second-order valence-electron chi connectivity index (χ2n) is 3.23. The Morgan fingerprint density at radius 2 is 2.21 bits per heavy atom. The minimum Gasteiger partial charge on any atom is -0.485 e. The fourth-order valence-electron chi connectivity index (χ4n) is 1.11. The summed E-state index contributed by atoms with van der Waals surface area (Å²) in [6.45, 7) is 3.54. The van der Waals surface area contributed by atoms with Crippen molar-refractivity contribution in [1.29, 1.82) is 0 Å². The van der Waals surface area contributed by atoms with Crippen LogP contribution in [0.15, 0.2) is 18.2 Å². The predicted molar refractivity (Wildman–Crippen MR) is 53.0 cm³/mol. The van der Waals surface area contributed by atoms with Crippen LogP contribution in [0.4, 0.5) is 4.39 Å². The molecule has 1 aromatic carbocycles. The molecule has 0 aliphatic heterocycles. The van der Waals surface area contributed by atoms with E-state index in [9.17, 15) is 4.39 Å². The SMILES string of the molecule is CCc1ccc(O[C@H](C)CO)c(F)c1. The molecule has 0 spiro atoms. The molecule has 0 bridgehead atoms. The van der Waals surface area contributed by atoms with Crippen LogP contribution in [0.2, 0.25) is 0 Å². The third-order valence-corrected chi connectivity index (χ3v) is 1.99. The van der Waals surface area contributed by atoms with Crippen LogP contribution >= 0.6 is 0 Å². The topological polar surface area (TPSA) is 29.5 Å². The van der Waals surface area contributed by atoms with E-state index in [1.807, 2.05) is 13.0 Å². The maximum atomic E-state index is 13.3. The molecule has 1 rings (SSSR count). The number of rotatable bonds is 4.